The molecular formula is C17H24N4O5S2. The summed E-state index contributed by atoms with van der Waals surface area (Å²) in [6.45, 7) is 2.04. The number of esters is 1. The molecule has 0 radical (unpaired) electrons. The van der Waals surface area contributed by atoms with Crippen LogP contribution >= 0.6 is 23.5 Å². The molecule has 154 valence electrons. The number of rotatable bonds is 7. The Bertz CT molecular complexity index is 723. The number of hydrogen-bond donors (Lipinski definition) is 3. The zero-order valence-electron chi connectivity index (χ0n) is 15.7. The van der Waals surface area contributed by atoms with E-state index in [0.717, 1.165) is 11.5 Å². The molecule has 2 aliphatic heterocycles. The van der Waals surface area contributed by atoms with Gasteiger partial charge in [-0.1, -0.05) is 0 Å². The molecule has 3 N–H and O–H groups in total. The van der Waals surface area contributed by atoms with Crippen molar-refractivity contribution in [1.82, 2.24) is 20.2 Å². The first-order valence-corrected chi connectivity index (χ1v) is 10.9. The van der Waals surface area contributed by atoms with Gasteiger partial charge >= 0.3 is 11.9 Å². The number of methoxy groups -OCH3 is 1. The van der Waals surface area contributed by atoms with Crippen LogP contribution in [0.1, 0.15) is 19.0 Å². The highest BCUT2D eigenvalue weighted by Crippen LogP contribution is 2.51. The smallest absolute Gasteiger partial charge is 0.326 e. The van der Waals surface area contributed by atoms with Crippen molar-refractivity contribution in [3.63, 3.8) is 0 Å². The predicted molar refractivity (Wildman–Crippen MR) is 106 cm³/mol. The van der Waals surface area contributed by atoms with Crippen molar-refractivity contribution in [3.05, 3.63) is 18.2 Å². The van der Waals surface area contributed by atoms with Crippen molar-refractivity contribution in [2.24, 2.45) is 0 Å². The fourth-order valence-corrected chi connectivity index (χ4v) is 6.84. The summed E-state index contributed by atoms with van der Waals surface area (Å²) in [5.41, 5.74) is 0.657. The number of carbonyl (C=O) groups is 3. The third-order valence-electron chi connectivity index (χ3n) is 4.95. The van der Waals surface area contributed by atoms with Crippen molar-refractivity contribution in [3.8, 4) is 0 Å². The minimum Gasteiger partial charge on any atom is -0.480 e. The Morgan fingerprint density at radius 1 is 1.46 bits per heavy atom. The number of carboxylic acid groups (broad SMARTS) is 1. The zero-order valence-corrected chi connectivity index (χ0v) is 17.3. The highest BCUT2D eigenvalue weighted by atomic mass is 32.2. The first-order valence-electron chi connectivity index (χ1n) is 8.98. The van der Waals surface area contributed by atoms with Crippen LogP contribution in [0, 0.1) is 0 Å². The molecule has 1 aromatic rings. The first kappa shape index (κ1) is 21.0. The van der Waals surface area contributed by atoms with Crippen molar-refractivity contribution >= 4 is 41.4 Å². The largest absolute Gasteiger partial charge is 0.480 e. The van der Waals surface area contributed by atoms with Gasteiger partial charge in [-0.15, -0.1) is 23.5 Å². The van der Waals surface area contributed by atoms with E-state index in [9.17, 15) is 19.5 Å². The van der Waals surface area contributed by atoms with E-state index in [1.54, 1.807) is 36.6 Å². The van der Waals surface area contributed by atoms with Crippen LogP contribution < -0.4 is 5.32 Å². The van der Waals surface area contributed by atoms with Gasteiger partial charge in [0.15, 0.2) is 0 Å². The minimum atomic E-state index is -0.994. The van der Waals surface area contributed by atoms with Gasteiger partial charge in [-0.25, -0.2) is 9.78 Å². The third kappa shape index (κ3) is 4.47. The predicted octanol–water partition coefficient (Wildman–Crippen LogP) is 0.334. The summed E-state index contributed by atoms with van der Waals surface area (Å²) in [6.07, 6.45) is 3.87. The Morgan fingerprint density at radius 3 is 2.75 bits per heavy atom. The van der Waals surface area contributed by atoms with Crippen LogP contribution in [0.25, 0.3) is 0 Å². The van der Waals surface area contributed by atoms with Gasteiger partial charge in [0.05, 0.1) is 29.3 Å². The zero-order chi connectivity index (χ0) is 20.3. The SMILES string of the molecule is COC(=O)C(Cc1c[nH]cn1)N[C@@H](C)C(=O)N1CC2(CC1C(=O)O)SCCS2. The number of nitrogens with one attached hydrogen (secondary N) is 2. The van der Waals surface area contributed by atoms with Gasteiger partial charge in [0, 0.05) is 37.1 Å². The number of aliphatic carboxylic acids is 1. The summed E-state index contributed by atoms with van der Waals surface area (Å²) in [7, 11) is 1.28. The Labute approximate surface area is 171 Å². The Hall–Kier alpha value is -1.72. The molecule has 28 heavy (non-hydrogen) atoms. The Morgan fingerprint density at radius 2 is 2.18 bits per heavy atom. The highest BCUT2D eigenvalue weighted by Gasteiger charge is 2.52. The maximum Gasteiger partial charge on any atom is 0.326 e. The second-order valence-electron chi connectivity index (χ2n) is 6.86. The highest BCUT2D eigenvalue weighted by molar-refractivity contribution is 8.21. The Kier molecular flexibility index (Phi) is 6.56. The van der Waals surface area contributed by atoms with Crippen LogP contribution in [0.5, 0.6) is 0 Å². The number of carboxylic acids is 1. The van der Waals surface area contributed by atoms with E-state index in [1.165, 1.54) is 18.3 Å². The third-order valence-corrected chi connectivity index (χ3v) is 8.37. The van der Waals surface area contributed by atoms with Crippen molar-refractivity contribution < 1.29 is 24.2 Å². The average Bonchev–Trinajstić information content (AvgIpc) is 3.42. The van der Waals surface area contributed by atoms with Gasteiger partial charge < -0.3 is 19.7 Å². The van der Waals surface area contributed by atoms with Crippen LogP contribution in [0.2, 0.25) is 0 Å². The molecule has 1 spiro atoms. The molecule has 2 unspecified atom stereocenters. The van der Waals surface area contributed by atoms with Gasteiger partial charge in [0.2, 0.25) is 5.91 Å². The molecule has 11 heteroatoms. The second kappa shape index (κ2) is 8.75. The number of aromatic amines is 1. The lowest BCUT2D eigenvalue weighted by atomic mass is 10.1. The standard InChI is InChI=1S/C17H24N4O5S2/c1-10(20-12(16(25)26-2)5-11-7-18-9-19-11)14(22)21-8-17(27-3-4-28-17)6-13(21)15(23)24/h7,9-10,12-13,20H,3-6,8H2,1-2H3,(H,18,19)(H,23,24)/t10-,12?,13?/m0/s1. The summed E-state index contributed by atoms with van der Waals surface area (Å²) in [5, 5.41) is 12.6. The molecule has 0 saturated carbocycles. The number of thioether (sulfide) groups is 2. The summed E-state index contributed by atoms with van der Waals surface area (Å²) in [4.78, 5) is 45.3. The Balaban J connectivity index is 1.70. The van der Waals surface area contributed by atoms with Crippen LogP contribution in [0.15, 0.2) is 12.5 Å². The molecule has 3 atom stereocenters. The van der Waals surface area contributed by atoms with E-state index in [1.807, 2.05) is 0 Å². The minimum absolute atomic E-state index is 0.241. The van der Waals surface area contributed by atoms with Gasteiger partial charge in [-0.05, 0) is 6.92 Å². The van der Waals surface area contributed by atoms with Crippen molar-refractivity contribution in [2.45, 2.75) is 42.0 Å². The summed E-state index contributed by atoms with van der Waals surface area (Å²) < 4.78 is 4.60. The number of carbonyl (C=O) groups excluding carboxylic acids is 2. The number of nitrogens with zero attached hydrogens (tertiary/aromatic N) is 2. The summed E-state index contributed by atoms with van der Waals surface area (Å²) >= 11 is 3.46. The number of aromatic nitrogens is 2. The normalized spacial score (nSPS) is 22.9. The van der Waals surface area contributed by atoms with E-state index < -0.39 is 30.1 Å². The fraction of sp³-hybridized carbons (Fsp3) is 0.647. The average molecular weight is 429 g/mol. The number of ether oxygens (including phenoxy) is 1. The fourth-order valence-electron chi connectivity index (χ4n) is 3.58. The lowest BCUT2D eigenvalue weighted by Gasteiger charge is -2.28. The molecule has 1 aromatic heterocycles. The van der Waals surface area contributed by atoms with E-state index >= 15 is 0 Å². The molecule has 2 saturated heterocycles. The molecule has 9 nitrogen and oxygen atoms in total. The lowest BCUT2D eigenvalue weighted by Crippen LogP contribution is -2.54. The monoisotopic (exact) mass is 428 g/mol. The van der Waals surface area contributed by atoms with Crippen LogP contribution in [0.3, 0.4) is 0 Å². The van der Waals surface area contributed by atoms with Gasteiger partial charge in [0.25, 0.3) is 0 Å². The topological polar surface area (TPSA) is 125 Å². The quantitative estimate of drug-likeness (QED) is 0.527. The number of amides is 1. The maximum atomic E-state index is 13.1. The summed E-state index contributed by atoms with van der Waals surface area (Å²) in [5.74, 6) is 0.0964. The van der Waals surface area contributed by atoms with Crippen molar-refractivity contribution in [1.29, 1.82) is 0 Å². The van der Waals surface area contributed by atoms with E-state index in [-0.39, 0.29) is 16.4 Å². The molecule has 0 aliphatic carbocycles. The number of H-pyrrole nitrogens is 1. The van der Waals surface area contributed by atoms with Gasteiger partial charge in [0.1, 0.15) is 12.1 Å². The van der Waals surface area contributed by atoms with Crippen LogP contribution in [-0.4, -0.2) is 85.2 Å². The molecule has 3 heterocycles. The molecule has 2 fully saturated rings. The summed E-state index contributed by atoms with van der Waals surface area (Å²) in [6, 6.07) is -2.35. The molecular weight excluding hydrogens is 404 g/mol. The first-order chi connectivity index (χ1) is 13.3. The van der Waals surface area contributed by atoms with Crippen LogP contribution in [-0.2, 0) is 25.5 Å². The number of hydrogen-bond acceptors (Lipinski definition) is 8. The number of imidazole rings is 1. The van der Waals surface area contributed by atoms with E-state index in [2.05, 4.69) is 15.3 Å². The number of likely N-dealkylation sites (tertiary alicyclic amines) is 1. The molecule has 0 aromatic carbocycles. The second-order valence-corrected chi connectivity index (χ2v) is 10.1. The molecule has 2 aliphatic rings. The van der Waals surface area contributed by atoms with Crippen molar-refractivity contribution in [2.75, 3.05) is 25.2 Å². The van der Waals surface area contributed by atoms with Crippen LogP contribution in [0.4, 0.5) is 0 Å². The maximum absolute atomic E-state index is 13.1. The van der Waals surface area contributed by atoms with E-state index in [4.69, 9.17) is 4.74 Å². The van der Waals surface area contributed by atoms with Gasteiger partial charge in [-0.3, -0.25) is 14.9 Å². The van der Waals surface area contributed by atoms with Gasteiger partial charge in [-0.2, -0.15) is 0 Å². The molecule has 0 bridgehead atoms. The van der Waals surface area contributed by atoms with E-state index in [0.29, 0.717) is 18.7 Å². The molecule has 3 rings (SSSR count). The molecule has 1 amide bonds. The lowest BCUT2D eigenvalue weighted by molar-refractivity contribution is -0.149.